The average Bonchev–Trinajstić information content (AvgIpc) is 2.47. The lowest BCUT2D eigenvalue weighted by Crippen LogP contribution is -2.49. The number of hydrogen-bond acceptors (Lipinski definition) is 4. The van der Waals surface area contributed by atoms with Crippen molar-refractivity contribution in [1.82, 2.24) is 0 Å². The van der Waals surface area contributed by atoms with E-state index in [1.165, 1.54) is 23.1 Å². The van der Waals surface area contributed by atoms with E-state index in [0.717, 1.165) is 6.42 Å². The maximum absolute atomic E-state index is 12.7. The maximum atomic E-state index is 12.7. The molecule has 1 heterocycles. The number of halogens is 3. The topological polar surface area (TPSA) is 49.7 Å². The van der Waals surface area contributed by atoms with Gasteiger partial charge in [-0.25, -0.2) is 4.79 Å². The normalized spacial score (nSPS) is 19.0. The fraction of sp³-hybridized carbons (Fsp3) is 0.429. The van der Waals surface area contributed by atoms with Crippen LogP contribution in [0.15, 0.2) is 29.3 Å². The van der Waals surface area contributed by atoms with Gasteiger partial charge in [0, 0.05) is 12.2 Å². The summed E-state index contributed by atoms with van der Waals surface area (Å²) in [7, 11) is 0. The third-order valence-corrected chi connectivity index (χ3v) is 3.44. The molecule has 0 radical (unpaired) electrons. The number of Topliss-reactive ketones (excluding diaryl/α,β-unsaturated/α-hetero) is 1. The Morgan fingerprint density at radius 2 is 1.90 bits per heavy atom. The van der Waals surface area contributed by atoms with E-state index in [9.17, 15) is 22.8 Å². The van der Waals surface area contributed by atoms with Crippen LogP contribution in [0.4, 0.5) is 24.5 Å². The predicted octanol–water partition coefficient (Wildman–Crippen LogP) is 3.14. The van der Waals surface area contributed by atoms with Crippen LogP contribution in [0.1, 0.15) is 19.3 Å². The second-order valence-corrected chi connectivity index (χ2v) is 4.79. The molecular weight excluding hydrogens is 285 g/mol. The zero-order chi connectivity index (χ0) is 15.5. The molecule has 112 valence electrons. The van der Waals surface area contributed by atoms with Crippen LogP contribution in [0.3, 0.4) is 0 Å². The van der Waals surface area contributed by atoms with Crippen molar-refractivity contribution >= 4 is 23.2 Å². The van der Waals surface area contributed by atoms with E-state index in [1.807, 2.05) is 0 Å². The Morgan fingerprint density at radius 3 is 2.48 bits per heavy atom. The minimum absolute atomic E-state index is 0.187. The Balaban J connectivity index is 2.26. The summed E-state index contributed by atoms with van der Waals surface area (Å²) in [6.45, 7) is 0.392. The largest absolute Gasteiger partial charge is 0.452 e. The number of alkyl halides is 3. The fourth-order valence-corrected chi connectivity index (χ4v) is 2.47. The van der Waals surface area contributed by atoms with Crippen LogP contribution in [-0.2, 0) is 9.59 Å². The molecule has 1 fully saturated rings. The highest BCUT2D eigenvalue weighted by molar-refractivity contribution is 5.92. The van der Waals surface area contributed by atoms with Crippen molar-refractivity contribution in [2.45, 2.75) is 31.5 Å². The summed E-state index contributed by atoms with van der Waals surface area (Å²) in [6, 6.07) is 4.93. The number of carbonyl (C=O) groups excluding carboxylic acids is 2. The molecule has 1 aliphatic rings. The molecule has 1 aromatic rings. The van der Waals surface area contributed by atoms with E-state index >= 15 is 0 Å². The quantitative estimate of drug-likeness (QED) is 0.636. The van der Waals surface area contributed by atoms with Crippen LogP contribution in [-0.4, -0.2) is 30.6 Å². The Kier molecular flexibility index (Phi) is 4.43. The first-order valence-electron chi connectivity index (χ1n) is 6.49. The fourth-order valence-electron chi connectivity index (χ4n) is 2.47. The number of nitrogens with zero attached hydrogens (tertiary/aromatic N) is 2. The molecule has 1 aliphatic heterocycles. The van der Waals surface area contributed by atoms with Gasteiger partial charge in [-0.3, -0.25) is 4.79 Å². The van der Waals surface area contributed by atoms with Gasteiger partial charge in [0.25, 0.3) is 5.78 Å². The lowest BCUT2D eigenvalue weighted by Gasteiger charge is -2.36. The summed E-state index contributed by atoms with van der Waals surface area (Å²) < 4.78 is 38.0. The summed E-state index contributed by atoms with van der Waals surface area (Å²) in [5.74, 6) is -1.71. The van der Waals surface area contributed by atoms with Crippen molar-refractivity contribution in [2.24, 2.45) is 4.99 Å². The van der Waals surface area contributed by atoms with Crippen LogP contribution < -0.4 is 4.90 Å². The molecule has 1 aromatic carbocycles. The molecule has 0 saturated carbocycles. The number of benzene rings is 1. The van der Waals surface area contributed by atoms with Gasteiger partial charge in [0.2, 0.25) is 6.08 Å². The minimum atomic E-state index is -4.83. The van der Waals surface area contributed by atoms with Crippen LogP contribution >= 0.6 is 0 Å². The molecule has 0 spiro atoms. The van der Waals surface area contributed by atoms with Crippen molar-refractivity contribution in [3.05, 3.63) is 24.3 Å². The van der Waals surface area contributed by atoms with Crippen LogP contribution in [0, 0.1) is 0 Å². The van der Waals surface area contributed by atoms with Crippen molar-refractivity contribution in [3.8, 4) is 0 Å². The van der Waals surface area contributed by atoms with Gasteiger partial charge in [0.1, 0.15) is 0 Å². The lowest BCUT2D eigenvalue weighted by atomic mass is 9.97. The number of piperidine rings is 1. The van der Waals surface area contributed by atoms with Gasteiger partial charge in [-0.1, -0.05) is 0 Å². The zero-order valence-electron chi connectivity index (χ0n) is 11.1. The first kappa shape index (κ1) is 15.3. The van der Waals surface area contributed by atoms with E-state index < -0.39 is 18.0 Å². The van der Waals surface area contributed by atoms with Crippen LogP contribution in [0.25, 0.3) is 0 Å². The molecule has 7 heteroatoms. The number of ketones is 1. The molecular formula is C14H13F3N2O2. The Labute approximate surface area is 119 Å². The van der Waals surface area contributed by atoms with Crippen molar-refractivity contribution in [3.63, 3.8) is 0 Å². The minimum Gasteiger partial charge on any atom is -0.361 e. The molecule has 1 atom stereocenters. The van der Waals surface area contributed by atoms with Gasteiger partial charge in [0.15, 0.2) is 0 Å². The molecule has 0 amide bonds. The number of hydrogen-bond donors (Lipinski definition) is 0. The zero-order valence-corrected chi connectivity index (χ0v) is 11.1. The van der Waals surface area contributed by atoms with Gasteiger partial charge < -0.3 is 4.90 Å². The monoisotopic (exact) mass is 298 g/mol. The lowest BCUT2D eigenvalue weighted by molar-refractivity contribution is -0.173. The third kappa shape index (κ3) is 3.49. The van der Waals surface area contributed by atoms with Gasteiger partial charge in [-0.05, 0) is 43.5 Å². The van der Waals surface area contributed by atoms with Crippen molar-refractivity contribution in [2.75, 3.05) is 11.4 Å². The average molecular weight is 298 g/mol. The molecule has 21 heavy (non-hydrogen) atoms. The number of carbonyl (C=O) groups is 1. The van der Waals surface area contributed by atoms with Gasteiger partial charge in [-0.2, -0.15) is 18.2 Å². The van der Waals surface area contributed by atoms with Crippen LogP contribution in [0.2, 0.25) is 0 Å². The van der Waals surface area contributed by atoms with Gasteiger partial charge >= 0.3 is 6.18 Å². The summed E-state index contributed by atoms with van der Waals surface area (Å²) in [6.07, 6.45) is -1.93. The van der Waals surface area contributed by atoms with Crippen LogP contribution in [0.5, 0.6) is 0 Å². The number of rotatable bonds is 3. The molecule has 1 unspecified atom stereocenters. The molecule has 4 nitrogen and oxygen atoms in total. The highest BCUT2D eigenvalue weighted by Crippen LogP contribution is 2.31. The summed E-state index contributed by atoms with van der Waals surface area (Å²) in [5, 5.41) is 0. The summed E-state index contributed by atoms with van der Waals surface area (Å²) >= 11 is 0. The standard InChI is InChI=1S/C14H13F3N2O2/c15-14(16,17)13(21)12-3-1-2-8-19(12)11-6-4-10(5-7-11)18-9-20/h4-7,12H,1-3,8H2. The summed E-state index contributed by atoms with van der Waals surface area (Å²) in [4.78, 5) is 26.6. The Bertz CT molecular complexity index is 563. The molecule has 0 aliphatic carbocycles. The number of isocyanates is 1. The second-order valence-electron chi connectivity index (χ2n) is 4.79. The van der Waals surface area contributed by atoms with E-state index in [4.69, 9.17) is 0 Å². The highest BCUT2D eigenvalue weighted by Gasteiger charge is 2.46. The number of anilines is 1. The molecule has 2 rings (SSSR count). The Morgan fingerprint density at radius 1 is 1.24 bits per heavy atom. The maximum Gasteiger partial charge on any atom is 0.452 e. The molecule has 0 N–H and O–H groups in total. The van der Waals surface area contributed by atoms with E-state index in [-0.39, 0.29) is 6.42 Å². The van der Waals surface area contributed by atoms with E-state index in [0.29, 0.717) is 24.3 Å². The molecule has 1 saturated heterocycles. The number of aliphatic imine (C=N–C) groups is 1. The van der Waals surface area contributed by atoms with E-state index in [1.54, 1.807) is 12.1 Å². The van der Waals surface area contributed by atoms with Gasteiger partial charge in [-0.15, -0.1) is 0 Å². The second kappa shape index (κ2) is 6.10. The summed E-state index contributed by atoms with van der Waals surface area (Å²) in [5.41, 5.74) is 0.881. The first-order chi connectivity index (χ1) is 9.93. The predicted molar refractivity (Wildman–Crippen MR) is 70.3 cm³/mol. The Hall–Kier alpha value is -2.14. The van der Waals surface area contributed by atoms with Gasteiger partial charge in [0.05, 0.1) is 11.7 Å². The van der Waals surface area contributed by atoms with E-state index in [2.05, 4.69) is 4.99 Å². The molecule has 0 bridgehead atoms. The first-order valence-corrected chi connectivity index (χ1v) is 6.49. The SMILES string of the molecule is O=C=Nc1ccc(N2CCCCC2C(=O)C(F)(F)F)cc1. The van der Waals surface area contributed by atoms with Crippen molar-refractivity contribution in [1.29, 1.82) is 0 Å². The third-order valence-electron chi connectivity index (χ3n) is 3.44. The smallest absolute Gasteiger partial charge is 0.361 e. The molecule has 0 aromatic heterocycles. The highest BCUT2D eigenvalue weighted by atomic mass is 19.4. The van der Waals surface area contributed by atoms with Crippen molar-refractivity contribution < 1.29 is 22.8 Å².